The molecule has 0 atom stereocenters. The molecule has 2 rings (SSSR count). The molecule has 0 saturated carbocycles. The van der Waals surface area contributed by atoms with Gasteiger partial charge in [-0.25, -0.2) is 4.98 Å². The standard InChI is InChI=1S/C12H9BrClNS/c1-8-6-7-15-12(11(8)13)16-10-5-3-2-4-9(10)14/h2-7H,1H3. The highest BCUT2D eigenvalue weighted by Crippen LogP contribution is 2.36. The predicted octanol–water partition coefficient (Wildman–Crippen LogP) is 4.96. The van der Waals surface area contributed by atoms with Gasteiger partial charge in [0.2, 0.25) is 0 Å². The van der Waals surface area contributed by atoms with Gasteiger partial charge in [-0.1, -0.05) is 35.5 Å². The SMILES string of the molecule is Cc1ccnc(Sc2ccccc2Cl)c1Br. The van der Waals surface area contributed by atoms with Crippen LogP contribution in [0.3, 0.4) is 0 Å². The second-order valence-electron chi connectivity index (χ2n) is 3.28. The van der Waals surface area contributed by atoms with Gasteiger partial charge in [-0.15, -0.1) is 0 Å². The van der Waals surface area contributed by atoms with Crippen molar-refractivity contribution in [3.8, 4) is 0 Å². The molecule has 16 heavy (non-hydrogen) atoms. The van der Waals surface area contributed by atoms with Crippen LogP contribution >= 0.6 is 39.3 Å². The lowest BCUT2D eigenvalue weighted by molar-refractivity contribution is 1.08. The Balaban J connectivity index is 2.35. The van der Waals surface area contributed by atoms with Crippen LogP contribution < -0.4 is 0 Å². The average Bonchev–Trinajstić information content (AvgIpc) is 2.28. The summed E-state index contributed by atoms with van der Waals surface area (Å²) < 4.78 is 1.03. The third-order valence-corrected chi connectivity index (χ3v) is 4.88. The van der Waals surface area contributed by atoms with Gasteiger partial charge in [0.05, 0.1) is 9.50 Å². The minimum atomic E-state index is 0.753. The van der Waals surface area contributed by atoms with Crippen LogP contribution in [0.15, 0.2) is 50.9 Å². The molecule has 1 aromatic carbocycles. The first-order valence-electron chi connectivity index (χ1n) is 4.72. The van der Waals surface area contributed by atoms with Crippen LogP contribution in [0.5, 0.6) is 0 Å². The largest absolute Gasteiger partial charge is 0.248 e. The quantitative estimate of drug-likeness (QED) is 0.777. The van der Waals surface area contributed by atoms with E-state index in [0.29, 0.717) is 0 Å². The number of hydrogen-bond donors (Lipinski definition) is 0. The number of benzene rings is 1. The minimum absolute atomic E-state index is 0.753. The Morgan fingerprint density at radius 2 is 2.00 bits per heavy atom. The van der Waals surface area contributed by atoms with E-state index in [1.54, 1.807) is 18.0 Å². The van der Waals surface area contributed by atoms with Crippen molar-refractivity contribution in [2.24, 2.45) is 0 Å². The molecule has 1 aromatic heterocycles. The molecule has 0 aliphatic heterocycles. The van der Waals surface area contributed by atoms with Crippen LogP contribution in [0, 0.1) is 6.92 Å². The van der Waals surface area contributed by atoms with Crippen LogP contribution in [0.25, 0.3) is 0 Å². The molecule has 0 aliphatic carbocycles. The molecule has 0 bridgehead atoms. The smallest absolute Gasteiger partial charge is 0.115 e. The third kappa shape index (κ3) is 2.59. The normalized spacial score (nSPS) is 10.4. The molecule has 0 fully saturated rings. The molecule has 1 heterocycles. The van der Waals surface area contributed by atoms with Crippen LogP contribution in [-0.2, 0) is 0 Å². The fourth-order valence-corrected chi connectivity index (χ4v) is 2.83. The Morgan fingerprint density at radius 1 is 1.25 bits per heavy atom. The molecule has 0 amide bonds. The molecule has 2 aromatic rings. The van der Waals surface area contributed by atoms with Gasteiger partial charge in [-0.3, -0.25) is 0 Å². The molecule has 0 aliphatic rings. The fourth-order valence-electron chi connectivity index (χ4n) is 1.22. The Morgan fingerprint density at radius 3 is 2.75 bits per heavy atom. The van der Waals surface area contributed by atoms with Crippen LogP contribution in [0.4, 0.5) is 0 Å². The summed E-state index contributed by atoms with van der Waals surface area (Å²) in [7, 11) is 0. The lowest BCUT2D eigenvalue weighted by Gasteiger charge is -2.06. The van der Waals surface area contributed by atoms with Crippen molar-refractivity contribution in [1.82, 2.24) is 4.98 Å². The summed E-state index contributed by atoms with van der Waals surface area (Å²) >= 11 is 11.2. The first-order chi connectivity index (χ1) is 7.68. The Labute approximate surface area is 112 Å². The molecule has 0 spiro atoms. The molecule has 0 N–H and O–H groups in total. The van der Waals surface area contributed by atoms with Crippen molar-refractivity contribution < 1.29 is 0 Å². The molecule has 0 unspecified atom stereocenters. The predicted molar refractivity (Wildman–Crippen MR) is 72.2 cm³/mol. The summed E-state index contributed by atoms with van der Waals surface area (Å²) in [4.78, 5) is 5.35. The number of pyridine rings is 1. The molecule has 0 radical (unpaired) electrons. The molecular formula is C12H9BrClNS. The highest BCUT2D eigenvalue weighted by atomic mass is 79.9. The first kappa shape index (κ1) is 12.0. The van der Waals surface area contributed by atoms with E-state index >= 15 is 0 Å². The van der Waals surface area contributed by atoms with Gasteiger partial charge < -0.3 is 0 Å². The lowest BCUT2D eigenvalue weighted by Crippen LogP contribution is -1.85. The maximum Gasteiger partial charge on any atom is 0.115 e. The van der Waals surface area contributed by atoms with Gasteiger partial charge >= 0.3 is 0 Å². The maximum absolute atomic E-state index is 6.10. The summed E-state index contributed by atoms with van der Waals surface area (Å²) in [6.07, 6.45) is 1.80. The molecular weight excluding hydrogens is 306 g/mol. The topological polar surface area (TPSA) is 12.9 Å². The average molecular weight is 315 g/mol. The van der Waals surface area contributed by atoms with Crippen molar-refractivity contribution in [3.05, 3.63) is 51.6 Å². The first-order valence-corrected chi connectivity index (χ1v) is 6.70. The number of hydrogen-bond acceptors (Lipinski definition) is 2. The highest BCUT2D eigenvalue weighted by Gasteiger charge is 2.07. The zero-order chi connectivity index (χ0) is 11.5. The maximum atomic E-state index is 6.10. The molecule has 1 nitrogen and oxygen atoms in total. The van der Waals surface area contributed by atoms with Crippen LogP contribution in [0.2, 0.25) is 5.02 Å². The van der Waals surface area contributed by atoms with E-state index in [0.717, 1.165) is 19.4 Å². The number of aromatic nitrogens is 1. The number of rotatable bonds is 2. The van der Waals surface area contributed by atoms with Gasteiger partial charge in [0.15, 0.2) is 0 Å². The lowest BCUT2D eigenvalue weighted by atomic mass is 10.3. The third-order valence-electron chi connectivity index (χ3n) is 2.09. The second kappa shape index (κ2) is 5.21. The Kier molecular flexibility index (Phi) is 3.90. The van der Waals surface area contributed by atoms with E-state index in [2.05, 4.69) is 20.9 Å². The number of aryl methyl sites for hydroxylation is 1. The fraction of sp³-hybridized carbons (Fsp3) is 0.0833. The zero-order valence-corrected chi connectivity index (χ0v) is 11.7. The minimum Gasteiger partial charge on any atom is -0.248 e. The monoisotopic (exact) mass is 313 g/mol. The molecule has 82 valence electrons. The summed E-state index contributed by atoms with van der Waals surface area (Å²) in [6.45, 7) is 2.04. The van der Waals surface area contributed by atoms with Gasteiger partial charge in [-0.2, -0.15) is 0 Å². The Bertz CT molecular complexity index is 516. The van der Waals surface area contributed by atoms with Gasteiger partial charge in [0, 0.05) is 11.1 Å². The van der Waals surface area contributed by atoms with Crippen LogP contribution in [0.1, 0.15) is 5.56 Å². The van der Waals surface area contributed by atoms with E-state index in [1.807, 2.05) is 37.3 Å². The van der Waals surface area contributed by atoms with Crippen molar-refractivity contribution >= 4 is 39.3 Å². The molecule has 4 heteroatoms. The number of nitrogens with zero attached hydrogens (tertiary/aromatic N) is 1. The van der Waals surface area contributed by atoms with E-state index < -0.39 is 0 Å². The van der Waals surface area contributed by atoms with E-state index in [-0.39, 0.29) is 0 Å². The van der Waals surface area contributed by atoms with Gasteiger partial charge in [0.1, 0.15) is 5.03 Å². The summed E-state index contributed by atoms with van der Waals surface area (Å²) in [5, 5.41) is 1.69. The van der Waals surface area contributed by atoms with Crippen molar-refractivity contribution in [2.45, 2.75) is 16.8 Å². The zero-order valence-electron chi connectivity index (χ0n) is 8.58. The molecule has 0 saturated heterocycles. The summed E-state index contributed by atoms with van der Waals surface area (Å²) in [5.41, 5.74) is 1.17. The van der Waals surface area contributed by atoms with E-state index in [1.165, 1.54) is 5.56 Å². The van der Waals surface area contributed by atoms with Crippen molar-refractivity contribution in [2.75, 3.05) is 0 Å². The van der Waals surface area contributed by atoms with Crippen molar-refractivity contribution in [3.63, 3.8) is 0 Å². The number of halogens is 2. The summed E-state index contributed by atoms with van der Waals surface area (Å²) in [6, 6.07) is 9.74. The van der Waals surface area contributed by atoms with Gasteiger partial charge in [-0.05, 0) is 46.6 Å². The van der Waals surface area contributed by atoms with Crippen molar-refractivity contribution in [1.29, 1.82) is 0 Å². The summed E-state index contributed by atoms with van der Waals surface area (Å²) in [5.74, 6) is 0. The van der Waals surface area contributed by atoms with E-state index in [9.17, 15) is 0 Å². The van der Waals surface area contributed by atoms with Gasteiger partial charge in [0.25, 0.3) is 0 Å². The van der Waals surface area contributed by atoms with E-state index in [4.69, 9.17) is 11.6 Å². The second-order valence-corrected chi connectivity index (χ2v) is 5.51. The van der Waals surface area contributed by atoms with Crippen LogP contribution in [-0.4, -0.2) is 4.98 Å². The Hall–Kier alpha value is -0.510. The highest BCUT2D eigenvalue weighted by molar-refractivity contribution is 9.10.